The standard InChI is InChI=1S/C23H20N4O/c1-27(14-16-10-11-17-6-2-3-7-18(17)12-16)15-22(28)19(13-24)23-25-20-8-4-5-9-21(20)26-23/h2-12,28H,14-15H2,1H3,(H,25,26)/p+1/b22-19-. The van der Waals surface area contributed by atoms with Gasteiger partial charge >= 0.3 is 0 Å². The number of para-hydroxylation sites is 2. The third kappa shape index (κ3) is 3.59. The molecule has 1 aromatic heterocycles. The van der Waals surface area contributed by atoms with E-state index >= 15 is 0 Å². The fourth-order valence-corrected chi connectivity index (χ4v) is 3.46. The normalized spacial score (nSPS) is 13.3. The average Bonchev–Trinajstić information content (AvgIpc) is 3.12. The second-order valence-electron chi connectivity index (χ2n) is 7.03. The zero-order valence-electron chi connectivity index (χ0n) is 15.6. The molecule has 0 saturated carbocycles. The zero-order chi connectivity index (χ0) is 19.5. The Labute approximate surface area is 163 Å². The summed E-state index contributed by atoms with van der Waals surface area (Å²) >= 11 is 0. The number of imidazole rings is 1. The predicted octanol–water partition coefficient (Wildman–Crippen LogP) is 3.22. The number of nitriles is 1. The Balaban J connectivity index is 1.54. The molecule has 0 radical (unpaired) electrons. The summed E-state index contributed by atoms with van der Waals surface area (Å²) in [6, 6.07) is 24.3. The van der Waals surface area contributed by atoms with Crippen molar-refractivity contribution in [3.63, 3.8) is 0 Å². The van der Waals surface area contributed by atoms with Crippen molar-refractivity contribution < 1.29 is 10.0 Å². The highest BCUT2D eigenvalue weighted by Gasteiger charge is 2.16. The Morgan fingerprint density at radius 2 is 1.82 bits per heavy atom. The molecule has 0 aliphatic rings. The van der Waals surface area contributed by atoms with Crippen molar-refractivity contribution in [2.45, 2.75) is 6.54 Å². The van der Waals surface area contributed by atoms with Crippen LogP contribution in [-0.2, 0) is 6.54 Å². The summed E-state index contributed by atoms with van der Waals surface area (Å²) in [5.74, 6) is 0.444. The number of fused-ring (bicyclic) bond motifs is 2. The third-order valence-corrected chi connectivity index (χ3v) is 4.82. The number of nitrogens with one attached hydrogen (secondary N) is 2. The number of hydrogen-bond donors (Lipinski definition) is 3. The maximum absolute atomic E-state index is 10.6. The molecule has 5 heteroatoms. The Morgan fingerprint density at radius 3 is 2.61 bits per heavy atom. The molecule has 5 nitrogen and oxygen atoms in total. The molecule has 0 bridgehead atoms. The lowest BCUT2D eigenvalue weighted by Crippen LogP contribution is -3.07. The van der Waals surface area contributed by atoms with Gasteiger partial charge in [0.1, 0.15) is 24.7 Å². The van der Waals surface area contributed by atoms with Crippen molar-refractivity contribution in [3.8, 4) is 6.07 Å². The largest absolute Gasteiger partial charge is 0.506 e. The first kappa shape index (κ1) is 17.8. The summed E-state index contributed by atoms with van der Waals surface area (Å²) in [7, 11) is 2.00. The van der Waals surface area contributed by atoms with Crippen molar-refractivity contribution in [2.75, 3.05) is 13.6 Å². The molecule has 138 valence electrons. The van der Waals surface area contributed by atoms with E-state index in [1.165, 1.54) is 16.3 Å². The lowest BCUT2D eigenvalue weighted by Gasteiger charge is -2.14. The van der Waals surface area contributed by atoms with Crippen molar-refractivity contribution in [1.29, 1.82) is 5.26 Å². The number of rotatable bonds is 5. The van der Waals surface area contributed by atoms with Crippen LogP contribution in [0.15, 0.2) is 72.5 Å². The highest BCUT2D eigenvalue weighted by molar-refractivity contribution is 5.83. The van der Waals surface area contributed by atoms with Gasteiger partial charge in [0, 0.05) is 5.56 Å². The van der Waals surface area contributed by atoms with E-state index in [-0.39, 0.29) is 11.3 Å². The molecule has 0 spiro atoms. The van der Waals surface area contributed by atoms with Crippen LogP contribution in [-0.4, -0.2) is 28.7 Å². The molecule has 0 aliphatic carbocycles. The first-order valence-corrected chi connectivity index (χ1v) is 9.20. The fraction of sp³-hybridized carbons (Fsp3) is 0.130. The molecular formula is C23H21N4O+. The predicted molar refractivity (Wildman–Crippen MR) is 111 cm³/mol. The van der Waals surface area contributed by atoms with E-state index in [9.17, 15) is 10.4 Å². The summed E-state index contributed by atoms with van der Waals surface area (Å²) < 4.78 is 0. The molecule has 3 aromatic carbocycles. The number of benzene rings is 3. The number of nitrogens with zero attached hydrogens (tertiary/aromatic N) is 2. The van der Waals surface area contributed by atoms with Gasteiger partial charge in [0.2, 0.25) is 0 Å². The highest BCUT2D eigenvalue weighted by atomic mass is 16.3. The molecule has 1 heterocycles. The van der Waals surface area contributed by atoms with Crippen LogP contribution in [0.1, 0.15) is 11.4 Å². The Hall–Kier alpha value is -3.62. The van der Waals surface area contributed by atoms with Gasteiger partial charge in [-0.15, -0.1) is 0 Å². The van der Waals surface area contributed by atoms with E-state index in [2.05, 4.69) is 46.4 Å². The summed E-state index contributed by atoms with van der Waals surface area (Å²) in [5.41, 5.74) is 2.99. The molecule has 28 heavy (non-hydrogen) atoms. The topological polar surface area (TPSA) is 77.1 Å². The molecule has 0 fully saturated rings. The Morgan fingerprint density at radius 1 is 1.07 bits per heavy atom. The zero-order valence-corrected chi connectivity index (χ0v) is 15.6. The lowest BCUT2D eigenvalue weighted by molar-refractivity contribution is -0.890. The molecule has 0 saturated heterocycles. The van der Waals surface area contributed by atoms with Crippen LogP contribution in [0.2, 0.25) is 0 Å². The van der Waals surface area contributed by atoms with Gasteiger partial charge in [-0.1, -0.05) is 48.5 Å². The monoisotopic (exact) mass is 369 g/mol. The van der Waals surface area contributed by atoms with Gasteiger partial charge in [-0.05, 0) is 29.0 Å². The van der Waals surface area contributed by atoms with E-state index in [0.29, 0.717) is 12.4 Å². The molecule has 4 rings (SSSR count). The fourth-order valence-electron chi connectivity index (χ4n) is 3.46. The van der Waals surface area contributed by atoms with Crippen LogP contribution in [0.5, 0.6) is 0 Å². The SMILES string of the molecule is C[NH+](C/C(O)=C(\C#N)c1nc2ccccc2[nH]1)Cc1ccc2ccccc2c1. The molecule has 0 aliphatic heterocycles. The maximum atomic E-state index is 10.6. The second kappa shape index (κ2) is 7.55. The van der Waals surface area contributed by atoms with E-state index in [1.807, 2.05) is 43.4 Å². The number of allylic oxidation sites excluding steroid dienone is 1. The van der Waals surface area contributed by atoms with Gasteiger partial charge in [0.05, 0.1) is 18.1 Å². The summed E-state index contributed by atoms with van der Waals surface area (Å²) in [6.07, 6.45) is 0. The second-order valence-corrected chi connectivity index (χ2v) is 7.03. The van der Waals surface area contributed by atoms with Gasteiger partial charge in [-0.2, -0.15) is 5.26 Å². The molecule has 0 amide bonds. The molecule has 4 aromatic rings. The maximum Gasteiger partial charge on any atom is 0.169 e. The lowest BCUT2D eigenvalue weighted by atomic mass is 10.1. The molecule has 1 atom stereocenters. The van der Waals surface area contributed by atoms with Gasteiger partial charge in [-0.25, -0.2) is 4.98 Å². The minimum atomic E-state index is 0.0415. The number of aliphatic hydroxyl groups is 1. The summed E-state index contributed by atoms with van der Waals surface area (Å²) in [6.45, 7) is 1.08. The quantitative estimate of drug-likeness (QED) is 0.373. The summed E-state index contributed by atoms with van der Waals surface area (Å²) in [5, 5.41) is 22.6. The third-order valence-electron chi connectivity index (χ3n) is 4.82. The average molecular weight is 369 g/mol. The van der Waals surface area contributed by atoms with Crippen molar-refractivity contribution in [3.05, 3.63) is 83.9 Å². The highest BCUT2D eigenvalue weighted by Crippen LogP contribution is 2.18. The van der Waals surface area contributed by atoms with Crippen LogP contribution < -0.4 is 4.90 Å². The number of H-pyrrole nitrogens is 1. The molecule has 1 unspecified atom stereocenters. The van der Waals surface area contributed by atoms with Gasteiger partial charge in [0.25, 0.3) is 0 Å². The minimum Gasteiger partial charge on any atom is -0.506 e. The molecule has 3 N–H and O–H groups in total. The number of likely N-dealkylation sites (N-methyl/N-ethyl adjacent to an activating group) is 1. The first-order chi connectivity index (χ1) is 13.6. The number of quaternary nitrogens is 1. The summed E-state index contributed by atoms with van der Waals surface area (Å²) in [4.78, 5) is 8.62. The number of aromatic amines is 1. The minimum absolute atomic E-state index is 0.0415. The van der Waals surface area contributed by atoms with Crippen LogP contribution in [0.3, 0.4) is 0 Å². The smallest absolute Gasteiger partial charge is 0.169 e. The van der Waals surface area contributed by atoms with Crippen molar-refractivity contribution in [2.24, 2.45) is 0 Å². The van der Waals surface area contributed by atoms with Gasteiger partial charge < -0.3 is 15.0 Å². The Kier molecular flexibility index (Phi) is 4.79. The first-order valence-electron chi connectivity index (χ1n) is 9.20. The van der Waals surface area contributed by atoms with Crippen LogP contribution >= 0.6 is 0 Å². The van der Waals surface area contributed by atoms with Gasteiger partial charge in [-0.3, -0.25) is 0 Å². The molecular weight excluding hydrogens is 348 g/mol. The van der Waals surface area contributed by atoms with Crippen molar-refractivity contribution >= 4 is 27.4 Å². The van der Waals surface area contributed by atoms with Crippen LogP contribution in [0.4, 0.5) is 0 Å². The van der Waals surface area contributed by atoms with Crippen LogP contribution in [0.25, 0.3) is 27.4 Å². The van der Waals surface area contributed by atoms with E-state index in [0.717, 1.165) is 22.5 Å². The van der Waals surface area contributed by atoms with E-state index < -0.39 is 0 Å². The van der Waals surface area contributed by atoms with Gasteiger partial charge in [0.15, 0.2) is 11.6 Å². The van der Waals surface area contributed by atoms with Crippen LogP contribution in [0, 0.1) is 11.3 Å². The number of hydrogen-bond acceptors (Lipinski definition) is 3. The number of aliphatic hydroxyl groups excluding tert-OH is 1. The van der Waals surface area contributed by atoms with Crippen molar-refractivity contribution in [1.82, 2.24) is 9.97 Å². The Bertz CT molecular complexity index is 1180. The van der Waals surface area contributed by atoms with E-state index in [1.54, 1.807) is 0 Å². The van der Waals surface area contributed by atoms with E-state index in [4.69, 9.17) is 0 Å². The number of aromatic nitrogens is 2.